The molecule has 20 heavy (non-hydrogen) atoms. The quantitative estimate of drug-likeness (QED) is 0.625. The summed E-state index contributed by atoms with van der Waals surface area (Å²) in [5.41, 5.74) is 0.0515. The van der Waals surface area contributed by atoms with Crippen molar-refractivity contribution in [2.75, 3.05) is 0 Å². The average molecular weight is 272 g/mol. The van der Waals surface area contributed by atoms with Gasteiger partial charge in [0.2, 0.25) is 0 Å². The van der Waals surface area contributed by atoms with E-state index in [0.717, 1.165) is 6.42 Å². The predicted molar refractivity (Wildman–Crippen MR) is 85.9 cm³/mol. The Hall–Kier alpha value is -1.31. The summed E-state index contributed by atoms with van der Waals surface area (Å²) in [7, 11) is 0. The van der Waals surface area contributed by atoms with Crippen molar-refractivity contribution in [1.82, 2.24) is 9.55 Å². The highest BCUT2D eigenvalue weighted by atomic mass is 15.1. The molecule has 0 bridgehead atoms. The Bertz CT molecular complexity index is 470. The minimum absolute atomic E-state index is 0.0515. The number of rotatable bonds is 7. The van der Waals surface area contributed by atoms with Crippen LogP contribution in [0.4, 0.5) is 0 Å². The van der Waals surface area contributed by atoms with Gasteiger partial charge in [0, 0.05) is 23.9 Å². The molecular formula is C18H28N2. The molecule has 2 unspecified atom stereocenters. The first kappa shape index (κ1) is 15.1. The Labute approximate surface area is 123 Å². The van der Waals surface area contributed by atoms with Gasteiger partial charge in [0.15, 0.2) is 0 Å². The van der Waals surface area contributed by atoms with Crippen molar-refractivity contribution in [2.45, 2.75) is 70.8 Å². The van der Waals surface area contributed by atoms with E-state index in [1.807, 2.05) is 6.20 Å². The van der Waals surface area contributed by atoms with Crippen molar-refractivity contribution < 1.29 is 0 Å². The fourth-order valence-electron chi connectivity index (χ4n) is 3.01. The molecular weight excluding hydrogens is 244 g/mol. The van der Waals surface area contributed by atoms with Crippen molar-refractivity contribution in [1.29, 1.82) is 0 Å². The van der Waals surface area contributed by atoms with E-state index in [2.05, 4.69) is 60.8 Å². The molecule has 0 saturated heterocycles. The number of nitrogens with zero attached hydrogens (tertiary/aromatic N) is 2. The summed E-state index contributed by atoms with van der Waals surface area (Å²) in [6, 6.07) is 0.542. The Morgan fingerprint density at radius 2 is 2.15 bits per heavy atom. The number of unbranched alkanes of at least 4 members (excludes halogenated alkanes) is 3. The van der Waals surface area contributed by atoms with Gasteiger partial charge in [-0.3, -0.25) is 0 Å². The molecule has 0 spiro atoms. The highest BCUT2D eigenvalue weighted by molar-refractivity contribution is 5.27. The smallest absolute Gasteiger partial charge is 0.119 e. The lowest BCUT2D eigenvalue weighted by atomic mass is 9.82. The van der Waals surface area contributed by atoms with Crippen LogP contribution in [0, 0.1) is 0 Å². The number of allylic oxidation sites excluding steroid dienone is 4. The first-order valence-electron chi connectivity index (χ1n) is 8.05. The summed E-state index contributed by atoms with van der Waals surface area (Å²) in [5, 5.41) is 0. The maximum atomic E-state index is 4.65. The molecule has 2 nitrogen and oxygen atoms in total. The molecule has 2 heteroatoms. The zero-order valence-electron chi connectivity index (χ0n) is 13.2. The fourth-order valence-corrected chi connectivity index (χ4v) is 3.01. The van der Waals surface area contributed by atoms with Gasteiger partial charge in [-0.15, -0.1) is 0 Å². The van der Waals surface area contributed by atoms with E-state index >= 15 is 0 Å². The average Bonchev–Trinajstić information content (AvgIpc) is 2.94. The Morgan fingerprint density at radius 1 is 1.30 bits per heavy atom. The highest BCUT2D eigenvalue weighted by Gasteiger charge is 2.29. The van der Waals surface area contributed by atoms with E-state index in [0.29, 0.717) is 6.04 Å². The van der Waals surface area contributed by atoms with Crippen LogP contribution in [0.1, 0.15) is 71.2 Å². The maximum Gasteiger partial charge on any atom is 0.119 e. The first-order valence-corrected chi connectivity index (χ1v) is 8.05. The number of hydrogen-bond acceptors (Lipinski definition) is 1. The van der Waals surface area contributed by atoms with E-state index in [1.54, 1.807) is 0 Å². The van der Waals surface area contributed by atoms with Crippen molar-refractivity contribution in [3.63, 3.8) is 0 Å². The number of hydrogen-bond donors (Lipinski definition) is 0. The molecule has 1 heterocycles. The zero-order chi connectivity index (χ0) is 14.4. The third kappa shape index (κ3) is 3.41. The van der Waals surface area contributed by atoms with Crippen molar-refractivity contribution in [2.24, 2.45) is 0 Å². The minimum atomic E-state index is 0.0515. The normalized spacial score (nSPS) is 23.1. The number of aromatic nitrogens is 2. The van der Waals surface area contributed by atoms with Gasteiger partial charge in [-0.05, 0) is 26.7 Å². The van der Waals surface area contributed by atoms with Crippen LogP contribution >= 0.6 is 0 Å². The van der Waals surface area contributed by atoms with Gasteiger partial charge in [0.05, 0.1) is 0 Å². The van der Waals surface area contributed by atoms with Gasteiger partial charge in [0.1, 0.15) is 5.82 Å². The highest BCUT2D eigenvalue weighted by Crippen LogP contribution is 2.33. The predicted octanol–water partition coefficient (Wildman–Crippen LogP) is 5.19. The van der Waals surface area contributed by atoms with Gasteiger partial charge in [-0.1, -0.05) is 56.9 Å². The lowest BCUT2D eigenvalue weighted by Gasteiger charge is -2.29. The van der Waals surface area contributed by atoms with Gasteiger partial charge in [-0.25, -0.2) is 4.98 Å². The van der Waals surface area contributed by atoms with Crippen molar-refractivity contribution >= 4 is 0 Å². The van der Waals surface area contributed by atoms with Crippen LogP contribution < -0.4 is 0 Å². The second-order valence-corrected chi connectivity index (χ2v) is 6.27. The molecule has 0 aliphatic heterocycles. The molecule has 1 aromatic heterocycles. The van der Waals surface area contributed by atoms with Crippen LogP contribution in [0.15, 0.2) is 36.7 Å². The van der Waals surface area contributed by atoms with Crippen LogP contribution in [0.2, 0.25) is 0 Å². The van der Waals surface area contributed by atoms with Gasteiger partial charge >= 0.3 is 0 Å². The SMILES string of the molecule is CCCCCCC(C)n1ccnc1C1(C)C=CC=CC1. The van der Waals surface area contributed by atoms with Gasteiger partial charge in [0.25, 0.3) is 0 Å². The third-order valence-corrected chi connectivity index (χ3v) is 4.38. The Balaban J connectivity index is 2.04. The molecule has 1 aliphatic rings. The topological polar surface area (TPSA) is 17.8 Å². The molecule has 0 saturated carbocycles. The molecule has 2 atom stereocenters. The zero-order valence-corrected chi connectivity index (χ0v) is 13.2. The molecule has 2 rings (SSSR count). The second kappa shape index (κ2) is 6.92. The maximum absolute atomic E-state index is 4.65. The molecule has 0 N–H and O–H groups in total. The van der Waals surface area contributed by atoms with E-state index < -0.39 is 0 Å². The number of imidazole rings is 1. The fraction of sp³-hybridized carbons (Fsp3) is 0.611. The molecule has 0 radical (unpaired) electrons. The third-order valence-electron chi connectivity index (χ3n) is 4.38. The molecule has 1 aliphatic carbocycles. The first-order chi connectivity index (χ1) is 9.67. The Kier molecular flexibility index (Phi) is 5.22. The summed E-state index contributed by atoms with van der Waals surface area (Å²) >= 11 is 0. The molecule has 1 aromatic rings. The lowest BCUT2D eigenvalue weighted by Crippen LogP contribution is -2.26. The van der Waals surface area contributed by atoms with Crippen LogP contribution in [0.25, 0.3) is 0 Å². The Morgan fingerprint density at radius 3 is 2.85 bits per heavy atom. The van der Waals surface area contributed by atoms with Crippen molar-refractivity contribution in [3.8, 4) is 0 Å². The summed E-state index contributed by atoms with van der Waals surface area (Å²) in [6.45, 7) is 6.87. The van der Waals surface area contributed by atoms with Crippen LogP contribution in [0.5, 0.6) is 0 Å². The summed E-state index contributed by atoms with van der Waals surface area (Å²) < 4.78 is 2.38. The van der Waals surface area contributed by atoms with E-state index in [-0.39, 0.29) is 5.41 Å². The standard InChI is InChI=1S/C18H28N2/c1-4-5-6-8-11-16(2)20-15-14-19-17(20)18(3)12-9-7-10-13-18/h7,9-10,12,14-16H,4-6,8,11,13H2,1-3H3. The van der Waals surface area contributed by atoms with E-state index in [9.17, 15) is 0 Å². The van der Waals surface area contributed by atoms with Crippen molar-refractivity contribution in [3.05, 3.63) is 42.5 Å². The van der Waals surface area contributed by atoms with Crippen LogP contribution in [-0.2, 0) is 5.41 Å². The van der Waals surface area contributed by atoms with Crippen LogP contribution in [0.3, 0.4) is 0 Å². The van der Waals surface area contributed by atoms with Crippen LogP contribution in [-0.4, -0.2) is 9.55 Å². The second-order valence-electron chi connectivity index (χ2n) is 6.27. The molecule has 110 valence electrons. The van der Waals surface area contributed by atoms with E-state index in [4.69, 9.17) is 0 Å². The summed E-state index contributed by atoms with van der Waals surface area (Å²) in [5.74, 6) is 1.21. The molecule has 0 fully saturated rings. The lowest BCUT2D eigenvalue weighted by molar-refractivity contribution is 0.423. The minimum Gasteiger partial charge on any atom is -0.331 e. The summed E-state index contributed by atoms with van der Waals surface area (Å²) in [6.07, 6.45) is 20.5. The van der Waals surface area contributed by atoms with E-state index in [1.165, 1.54) is 37.9 Å². The largest absolute Gasteiger partial charge is 0.331 e. The molecule has 0 amide bonds. The van der Waals surface area contributed by atoms with Gasteiger partial charge in [-0.2, -0.15) is 0 Å². The summed E-state index contributed by atoms with van der Waals surface area (Å²) in [4.78, 5) is 4.65. The molecule has 0 aromatic carbocycles. The van der Waals surface area contributed by atoms with Gasteiger partial charge < -0.3 is 4.57 Å². The monoisotopic (exact) mass is 272 g/mol.